The lowest BCUT2D eigenvalue weighted by Gasteiger charge is -2.38. The number of likely N-dealkylation sites (tertiary alicyclic amines) is 1. The summed E-state index contributed by atoms with van der Waals surface area (Å²) in [5.41, 5.74) is 1.08. The van der Waals surface area contributed by atoms with Crippen LogP contribution < -0.4 is 0 Å². The maximum Gasteiger partial charge on any atom is 0.223 e. The zero-order chi connectivity index (χ0) is 17.9. The Labute approximate surface area is 146 Å². The Balaban J connectivity index is 1.52. The zero-order valence-electron chi connectivity index (χ0n) is 14.4. The van der Waals surface area contributed by atoms with E-state index in [4.69, 9.17) is 0 Å². The first kappa shape index (κ1) is 17.6. The van der Waals surface area contributed by atoms with Gasteiger partial charge in [0.1, 0.15) is 5.82 Å². The van der Waals surface area contributed by atoms with Crippen LogP contribution in [0.5, 0.6) is 0 Å². The van der Waals surface area contributed by atoms with E-state index in [1.165, 1.54) is 12.1 Å². The molecule has 2 N–H and O–H groups in total. The molecule has 1 atom stereocenters. The number of aromatic amines is 1. The monoisotopic (exact) mass is 345 g/mol. The van der Waals surface area contributed by atoms with Crippen LogP contribution >= 0.6 is 0 Å². The predicted octanol–water partition coefficient (Wildman–Crippen LogP) is 2.64. The number of aromatic nitrogens is 2. The molecule has 0 radical (unpaired) electrons. The van der Waals surface area contributed by atoms with Crippen molar-refractivity contribution in [3.05, 3.63) is 53.6 Å². The van der Waals surface area contributed by atoms with E-state index in [1.807, 2.05) is 17.9 Å². The molecule has 5 nitrogen and oxygen atoms in total. The van der Waals surface area contributed by atoms with Gasteiger partial charge < -0.3 is 10.0 Å². The van der Waals surface area contributed by atoms with Crippen LogP contribution in [-0.4, -0.2) is 44.8 Å². The van der Waals surface area contributed by atoms with Crippen LogP contribution in [0.25, 0.3) is 0 Å². The summed E-state index contributed by atoms with van der Waals surface area (Å²) in [5.74, 6) is -0.144. The molecular formula is C19H24FN3O2. The summed E-state index contributed by atoms with van der Waals surface area (Å²) in [6.45, 7) is 3.09. The molecule has 2 heterocycles. The molecule has 2 aromatic rings. The van der Waals surface area contributed by atoms with Crippen molar-refractivity contribution in [2.24, 2.45) is 0 Å². The minimum atomic E-state index is -0.786. The van der Waals surface area contributed by atoms with Crippen molar-refractivity contribution in [1.29, 1.82) is 0 Å². The highest BCUT2D eigenvalue weighted by molar-refractivity contribution is 5.77. The fraction of sp³-hybridized carbons (Fsp3) is 0.474. The number of rotatable bonds is 5. The van der Waals surface area contributed by atoms with Crippen LogP contribution in [0.3, 0.4) is 0 Å². The number of hydrogen-bond donors (Lipinski definition) is 2. The first-order chi connectivity index (χ1) is 12.0. The summed E-state index contributed by atoms with van der Waals surface area (Å²) < 4.78 is 13.0. The van der Waals surface area contributed by atoms with E-state index in [0.717, 1.165) is 11.3 Å². The molecule has 0 bridgehead atoms. The van der Waals surface area contributed by atoms with Gasteiger partial charge in [0.2, 0.25) is 5.91 Å². The molecule has 6 heteroatoms. The highest BCUT2D eigenvalue weighted by Gasteiger charge is 2.34. The van der Waals surface area contributed by atoms with Crippen molar-refractivity contribution >= 4 is 5.91 Å². The molecule has 1 aromatic carbocycles. The molecule has 1 saturated heterocycles. The standard InChI is InChI=1S/C19H24FN3O2/c1-14(15-2-4-16(20)5-3-15)12-18(24)23-10-7-19(25,8-11-23)13-17-6-9-21-22-17/h2-6,9,14,25H,7-8,10-13H2,1H3,(H,21,22). The summed E-state index contributed by atoms with van der Waals surface area (Å²) in [4.78, 5) is 14.4. The number of piperidine rings is 1. The number of hydrogen-bond acceptors (Lipinski definition) is 3. The predicted molar refractivity (Wildman–Crippen MR) is 92.5 cm³/mol. The minimum absolute atomic E-state index is 0.0407. The van der Waals surface area contributed by atoms with Gasteiger partial charge in [-0.05, 0) is 42.5 Å². The Morgan fingerprint density at radius 2 is 2.00 bits per heavy atom. The largest absolute Gasteiger partial charge is 0.389 e. The quantitative estimate of drug-likeness (QED) is 0.875. The number of nitrogens with zero attached hydrogens (tertiary/aromatic N) is 2. The molecule has 25 heavy (non-hydrogen) atoms. The molecule has 1 amide bonds. The lowest BCUT2D eigenvalue weighted by atomic mass is 9.86. The van der Waals surface area contributed by atoms with Crippen LogP contribution in [0.2, 0.25) is 0 Å². The van der Waals surface area contributed by atoms with Gasteiger partial charge in [-0.1, -0.05) is 19.1 Å². The third-order valence-electron chi connectivity index (χ3n) is 5.04. The summed E-state index contributed by atoms with van der Waals surface area (Å²) >= 11 is 0. The van der Waals surface area contributed by atoms with Crippen LogP contribution in [0.4, 0.5) is 4.39 Å². The van der Waals surface area contributed by atoms with Gasteiger partial charge in [0.25, 0.3) is 0 Å². The molecule has 0 aliphatic carbocycles. The van der Waals surface area contributed by atoms with Gasteiger partial charge in [0, 0.05) is 37.8 Å². The van der Waals surface area contributed by atoms with E-state index in [-0.39, 0.29) is 17.6 Å². The molecule has 134 valence electrons. The number of carbonyl (C=O) groups excluding carboxylic acids is 1. The van der Waals surface area contributed by atoms with Gasteiger partial charge in [-0.3, -0.25) is 9.89 Å². The molecule has 3 rings (SSSR count). The van der Waals surface area contributed by atoms with Crippen molar-refractivity contribution in [3.8, 4) is 0 Å². The van der Waals surface area contributed by atoms with Crippen molar-refractivity contribution < 1.29 is 14.3 Å². The maximum absolute atomic E-state index is 13.0. The Morgan fingerprint density at radius 1 is 1.32 bits per heavy atom. The lowest BCUT2D eigenvalue weighted by Crippen LogP contribution is -2.48. The normalized spacial score (nSPS) is 18.1. The molecule has 0 spiro atoms. The van der Waals surface area contributed by atoms with E-state index in [0.29, 0.717) is 38.8 Å². The van der Waals surface area contributed by atoms with E-state index < -0.39 is 5.60 Å². The summed E-state index contributed by atoms with van der Waals surface area (Å²) in [5, 5.41) is 17.5. The summed E-state index contributed by atoms with van der Waals surface area (Å²) in [6, 6.07) is 8.17. The molecule has 0 saturated carbocycles. The topological polar surface area (TPSA) is 69.2 Å². The smallest absolute Gasteiger partial charge is 0.223 e. The second-order valence-corrected chi connectivity index (χ2v) is 7.02. The van der Waals surface area contributed by atoms with E-state index >= 15 is 0 Å². The van der Waals surface area contributed by atoms with Crippen molar-refractivity contribution in [3.63, 3.8) is 0 Å². The molecule has 1 aliphatic heterocycles. The highest BCUT2D eigenvalue weighted by Crippen LogP contribution is 2.27. The fourth-order valence-electron chi connectivity index (χ4n) is 3.39. The van der Waals surface area contributed by atoms with Crippen LogP contribution in [-0.2, 0) is 11.2 Å². The van der Waals surface area contributed by atoms with Crippen molar-refractivity contribution in [1.82, 2.24) is 15.1 Å². The lowest BCUT2D eigenvalue weighted by molar-refractivity contribution is -0.135. The number of aliphatic hydroxyl groups is 1. The summed E-state index contributed by atoms with van der Waals surface area (Å²) in [6.07, 6.45) is 3.71. The average molecular weight is 345 g/mol. The molecule has 1 aliphatic rings. The summed E-state index contributed by atoms with van der Waals surface area (Å²) in [7, 11) is 0. The fourth-order valence-corrected chi connectivity index (χ4v) is 3.39. The Bertz CT molecular complexity index is 692. The molecular weight excluding hydrogens is 321 g/mol. The number of H-pyrrole nitrogens is 1. The van der Waals surface area contributed by atoms with Crippen LogP contribution in [0, 0.1) is 5.82 Å². The number of nitrogens with one attached hydrogen (secondary N) is 1. The number of halogens is 1. The van der Waals surface area contributed by atoms with E-state index in [9.17, 15) is 14.3 Å². The van der Waals surface area contributed by atoms with E-state index in [1.54, 1.807) is 18.3 Å². The van der Waals surface area contributed by atoms with Gasteiger partial charge >= 0.3 is 0 Å². The SMILES string of the molecule is CC(CC(=O)N1CCC(O)(Cc2ccn[nH]2)CC1)c1ccc(F)cc1. The van der Waals surface area contributed by atoms with Gasteiger partial charge in [0.05, 0.1) is 5.60 Å². The average Bonchev–Trinajstić information content (AvgIpc) is 3.08. The second kappa shape index (κ2) is 7.35. The third kappa shape index (κ3) is 4.45. The number of benzene rings is 1. The number of carbonyl (C=O) groups is 1. The van der Waals surface area contributed by atoms with Crippen molar-refractivity contribution in [2.45, 2.75) is 44.1 Å². The van der Waals surface area contributed by atoms with Gasteiger partial charge in [0.15, 0.2) is 0 Å². The van der Waals surface area contributed by atoms with Gasteiger partial charge in [-0.15, -0.1) is 0 Å². The highest BCUT2D eigenvalue weighted by atomic mass is 19.1. The Hall–Kier alpha value is -2.21. The number of amides is 1. The first-order valence-corrected chi connectivity index (χ1v) is 8.69. The van der Waals surface area contributed by atoms with Gasteiger partial charge in [-0.2, -0.15) is 5.10 Å². The Morgan fingerprint density at radius 3 is 2.60 bits per heavy atom. The minimum Gasteiger partial charge on any atom is -0.389 e. The van der Waals surface area contributed by atoms with Crippen molar-refractivity contribution in [2.75, 3.05) is 13.1 Å². The van der Waals surface area contributed by atoms with E-state index in [2.05, 4.69) is 10.2 Å². The second-order valence-electron chi connectivity index (χ2n) is 7.02. The van der Waals surface area contributed by atoms with Gasteiger partial charge in [-0.25, -0.2) is 4.39 Å². The van der Waals surface area contributed by atoms with Crippen LogP contribution in [0.1, 0.15) is 43.4 Å². The molecule has 1 unspecified atom stereocenters. The van der Waals surface area contributed by atoms with Crippen LogP contribution in [0.15, 0.2) is 36.5 Å². The third-order valence-corrected chi connectivity index (χ3v) is 5.04. The maximum atomic E-state index is 13.0. The molecule has 1 fully saturated rings. The zero-order valence-corrected chi connectivity index (χ0v) is 14.4. The molecule has 1 aromatic heterocycles. The Kier molecular flexibility index (Phi) is 5.18. The first-order valence-electron chi connectivity index (χ1n) is 8.69.